The zero-order chi connectivity index (χ0) is 15.2. The molecule has 1 atom stereocenters. The van der Waals surface area contributed by atoms with E-state index < -0.39 is 0 Å². The van der Waals surface area contributed by atoms with Crippen LogP contribution in [0.15, 0.2) is 18.2 Å². The van der Waals surface area contributed by atoms with Crippen LogP contribution in [0.2, 0.25) is 0 Å². The highest BCUT2D eigenvalue weighted by Crippen LogP contribution is 2.33. The number of nitro benzene ring substituents is 1. The van der Waals surface area contributed by atoms with Crippen molar-refractivity contribution in [2.75, 3.05) is 44.3 Å². The molecule has 1 aromatic carbocycles. The second-order valence-corrected chi connectivity index (χ2v) is 5.12. The highest BCUT2D eigenvalue weighted by Gasteiger charge is 2.26. The van der Waals surface area contributed by atoms with Gasteiger partial charge < -0.3 is 20.4 Å². The Hall–Kier alpha value is -1.70. The fourth-order valence-electron chi connectivity index (χ4n) is 2.76. The zero-order valence-corrected chi connectivity index (χ0v) is 11.9. The monoisotopic (exact) mass is 295 g/mol. The van der Waals surface area contributed by atoms with E-state index in [-0.39, 0.29) is 29.7 Å². The quantitative estimate of drug-likeness (QED) is 0.499. The second-order valence-electron chi connectivity index (χ2n) is 5.12. The molecule has 7 heteroatoms. The van der Waals surface area contributed by atoms with Crippen LogP contribution < -0.4 is 10.2 Å². The molecule has 7 nitrogen and oxygen atoms in total. The summed E-state index contributed by atoms with van der Waals surface area (Å²) in [4.78, 5) is 12.7. The first-order valence-corrected chi connectivity index (χ1v) is 7.13. The van der Waals surface area contributed by atoms with Crippen LogP contribution in [-0.2, 0) is 0 Å². The summed E-state index contributed by atoms with van der Waals surface area (Å²) in [7, 11) is 0. The molecule has 0 aliphatic carbocycles. The number of benzene rings is 1. The topological polar surface area (TPSA) is 98.9 Å². The summed E-state index contributed by atoms with van der Waals surface area (Å²) in [6, 6.07) is 5.02. The first-order chi connectivity index (χ1) is 10.2. The molecule has 3 N–H and O–H groups in total. The van der Waals surface area contributed by atoms with Gasteiger partial charge in [-0.25, -0.2) is 0 Å². The van der Waals surface area contributed by atoms with Crippen molar-refractivity contribution >= 4 is 11.4 Å². The van der Waals surface area contributed by atoms with Gasteiger partial charge in [-0.3, -0.25) is 10.1 Å². The molecule has 1 aromatic rings. The maximum atomic E-state index is 11.2. The van der Waals surface area contributed by atoms with E-state index in [1.54, 1.807) is 6.07 Å². The summed E-state index contributed by atoms with van der Waals surface area (Å²) in [5.74, 6) is 0.135. The third-order valence-corrected chi connectivity index (χ3v) is 3.81. The van der Waals surface area contributed by atoms with Crippen LogP contribution in [0.3, 0.4) is 0 Å². The molecule has 0 radical (unpaired) electrons. The lowest BCUT2D eigenvalue weighted by molar-refractivity contribution is -0.385. The minimum Gasteiger partial charge on any atom is -0.395 e. The summed E-state index contributed by atoms with van der Waals surface area (Å²) in [6.45, 7) is 2.32. The Morgan fingerprint density at radius 2 is 2.05 bits per heavy atom. The van der Waals surface area contributed by atoms with E-state index in [9.17, 15) is 10.1 Å². The number of aliphatic hydroxyl groups is 2. The van der Waals surface area contributed by atoms with Crippen LogP contribution in [0.5, 0.6) is 0 Å². The van der Waals surface area contributed by atoms with Gasteiger partial charge in [0.05, 0.1) is 18.1 Å². The number of nitro groups is 1. The van der Waals surface area contributed by atoms with Crippen LogP contribution in [0, 0.1) is 10.1 Å². The first-order valence-electron chi connectivity index (χ1n) is 7.13. The number of aliphatic hydroxyl groups excluding tert-OH is 2. The minimum atomic E-state index is -0.347. The molecule has 0 aromatic heterocycles. The van der Waals surface area contributed by atoms with Gasteiger partial charge in [-0.05, 0) is 25.1 Å². The van der Waals surface area contributed by atoms with E-state index in [4.69, 9.17) is 10.2 Å². The molecule has 0 spiro atoms. The Balaban J connectivity index is 2.34. The van der Waals surface area contributed by atoms with Gasteiger partial charge in [0.1, 0.15) is 0 Å². The van der Waals surface area contributed by atoms with Gasteiger partial charge in [0.15, 0.2) is 0 Å². The lowest BCUT2D eigenvalue weighted by Gasteiger charge is -2.24. The minimum absolute atomic E-state index is 0.0305. The molecule has 116 valence electrons. The van der Waals surface area contributed by atoms with Crippen LogP contribution in [0.4, 0.5) is 11.4 Å². The van der Waals surface area contributed by atoms with Gasteiger partial charge in [0.25, 0.3) is 5.69 Å². The number of nitrogens with one attached hydrogen (secondary N) is 1. The normalized spacial score (nSPS) is 17.9. The van der Waals surface area contributed by atoms with Gasteiger partial charge >= 0.3 is 0 Å². The molecule has 21 heavy (non-hydrogen) atoms. The van der Waals surface area contributed by atoms with Gasteiger partial charge in [-0.2, -0.15) is 0 Å². The Bertz CT molecular complexity index is 483. The summed E-state index contributed by atoms with van der Waals surface area (Å²) in [6.07, 6.45) is 0.879. The Kier molecular flexibility index (Phi) is 5.49. The zero-order valence-electron chi connectivity index (χ0n) is 11.9. The molecule has 1 fully saturated rings. The van der Waals surface area contributed by atoms with E-state index in [1.807, 2.05) is 11.0 Å². The Morgan fingerprint density at radius 1 is 1.33 bits per heavy atom. The van der Waals surface area contributed by atoms with Crippen molar-refractivity contribution in [1.29, 1.82) is 0 Å². The molecule has 1 heterocycles. The van der Waals surface area contributed by atoms with E-state index in [2.05, 4.69) is 5.32 Å². The number of nitrogens with zero attached hydrogens (tertiary/aromatic N) is 2. The lowest BCUT2D eigenvalue weighted by atomic mass is 9.96. The molecule has 1 aliphatic rings. The summed E-state index contributed by atoms with van der Waals surface area (Å²) in [5, 5.41) is 32.6. The largest absolute Gasteiger partial charge is 0.395 e. The molecule has 0 bridgehead atoms. The van der Waals surface area contributed by atoms with Gasteiger partial charge in [0, 0.05) is 42.9 Å². The van der Waals surface area contributed by atoms with E-state index in [0.29, 0.717) is 13.1 Å². The van der Waals surface area contributed by atoms with E-state index >= 15 is 0 Å². The first kappa shape index (κ1) is 15.7. The molecule has 0 saturated carbocycles. The number of hydrogen-bond acceptors (Lipinski definition) is 6. The average molecular weight is 295 g/mol. The van der Waals surface area contributed by atoms with Crippen molar-refractivity contribution in [3.63, 3.8) is 0 Å². The Morgan fingerprint density at radius 3 is 2.57 bits per heavy atom. The molecular weight excluding hydrogens is 274 g/mol. The molecule has 1 aliphatic heterocycles. The van der Waals surface area contributed by atoms with Crippen LogP contribution in [-0.4, -0.2) is 54.5 Å². The predicted molar refractivity (Wildman–Crippen MR) is 79.7 cm³/mol. The van der Waals surface area contributed by atoms with Crippen molar-refractivity contribution in [2.45, 2.75) is 12.3 Å². The number of hydrogen-bond donors (Lipinski definition) is 3. The van der Waals surface area contributed by atoms with Crippen molar-refractivity contribution in [2.24, 2.45) is 0 Å². The molecule has 1 saturated heterocycles. The fourth-order valence-corrected chi connectivity index (χ4v) is 2.76. The molecular formula is C14H21N3O4. The Labute approximate surface area is 123 Å². The third-order valence-electron chi connectivity index (χ3n) is 3.81. The number of rotatable bonds is 7. The molecule has 2 rings (SSSR count). The average Bonchev–Trinajstić information content (AvgIpc) is 3.00. The summed E-state index contributed by atoms with van der Waals surface area (Å²) in [5.41, 5.74) is 1.66. The maximum absolute atomic E-state index is 11.2. The summed E-state index contributed by atoms with van der Waals surface area (Å²) < 4.78 is 0. The standard InChI is InChI=1S/C14H21N3O4/c18-7-5-16(6-8-19)12-1-2-14(17(20)21)13(9-12)11-3-4-15-10-11/h1-2,9,11,15,18-19H,3-8,10H2. The van der Waals surface area contributed by atoms with Gasteiger partial charge in [0.2, 0.25) is 0 Å². The lowest BCUT2D eigenvalue weighted by Crippen LogP contribution is -2.29. The number of anilines is 1. The van der Waals surface area contributed by atoms with Crippen molar-refractivity contribution in [3.05, 3.63) is 33.9 Å². The van der Waals surface area contributed by atoms with Gasteiger partial charge in [-0.15, -0.1) is 0 Å². The summed E-state index contributed by atoms with van der Waals surface area (Å²) >= 11 is 0. The van der Waals surface area contributed by atoms with Gasteiger partial charge in [-0.1, -0.05) is 0 Å². The fraction of sp³-hybridized carbons (Fsp3) is 0.571. The molecule has 1 unspecified atom stereocenters. The van der Waals surface area contributed by atoms with E-state index in [1.165, 1.54) is 6.07 Å². The predicted octanol–water partition coefficient (Wildman–Crippen LogP) is 0.463. The maximum Gasteiger partial charge on any atom is 0.273 e. The smallest absolute Gasteiger partial charge is 0.273 e. The van der Waals surface area contributed by atoms with Crippen LogP contribution in [0.25, 0.3) is 0 Å². The van der Waals surface area contributed by atoms with Crippen LogP contribution in [0.1, 0.15) is 17.9 Å². The highest BCUT2D eigenvalue weighted by atomic mass is 16.6. The molecule has 0 amide bonds. The second kappa shape index (κ2) is 7.35. The van der Waals surface area contributed by atoms with Crippen LogP contribution >= 0.6 is 0 Å². The van der Waals surface area contributed by atoms with Crippen molar-refractivity contribution in [3.8, 4) is 0 Å². The SMILES string of the molecule is O=[N+]([O-])c1ccc(N(CCO)CCO)cc1C1CCNC1. The van der Waals surface area contributed by atoms with E-state index in [0.717, 1.165) is 30.8 Å². The van der Waals surface area contributed by atoms with Crippen molar-refractivity contribution < 1.29 is 15.1 Å². The third kappa shape index (κ3) is 3.69. The highest BCUT2D eigenvalue weighted by molar-refractivity contribution is 5.57. The van der Waals surface area contributed by atoms with Crippen molar-refractivity contribution in [1.82, 2.24) is 5.32 Å².